The second-order valence-electron chi connectivity index (χ2n) is 5.58. The molecule has 1 amide bonds. The van der Waals surface area contributed by atoms with Gasteiger partial charge in [0.05, 0.1) is 10.8 Å². The Kier molecular flexibility index (Phi) is 3.58. The van der Waals surface area contributed by atoms with Crippen molar-refractivity contribution in [3.8, 4) is 11.3 Å². The predicted molar refractivity (Wildman–Crippen MR) is 92.4 cm³/mol. The molecule has 3 aromatic rings. The fourth-order valence-electron chi connectivity index (χ4n) is 2.90. The summed E-state index contributed by atoms with van der Waals surface area (Å²) in [5.74, 6) is 1.78. The van der Waals surface area contributed by atoms with E-state index in [-0.39, 0.29) is 11.3 Å². The lowest BCUT2D eigenvalue weighted by Gasteiger charge is -2.20. The summed E-state index contributed by atoms with van der Waals surface area (Å²) >= 11 is 1.81. The van der Waals surface area contributed by atoms with Crippen molar-refractivity contribution < 1.29 is 9.32 Å². The van der Waals surface area contributed by atoms with Gasteiger partial charge < -0.3 is 9.42 Å². The van der Waals surface area contributed by atoms with Gasteiger partial charge in [0.25, 0.3) is 5.91 Å². The zero-order valence-electron chi connectivity index (χ0n) is 12.7. The van der Waals surface area contributed by atoms with Gasteiger partial charge in [-0.1, -0.05) is 35.5 Å². The molecule has 23 heavy (non-hydrogen) atoms. The predicted octanol–water partition coefficient (Wildman–Crippen LogP) is 4.03. The van der Waals surface area contributed by atoms with Crippen molar-refractivity contribution in [1.29, 1.82) is 0 Å². The van der Waals surface area contributed by atoms with E-state index >= 15 is 0 Å². The van der Waals surface area contributed by atoms with Gasteiger partial charge in [-0.25, -0.2) is 0 Å². The highest BCUT2D eigenvalue weighted by Gasteiger charge is 2.27. The normalized spacial score (nSPS) is 17.8. The Balaban J connectivity index is 1.77. The van der Waals surface area contributed by atoms with E-state index < -0.39 is 0 Å². The summed E-state index contributed by atoms with van der Waals surface area (Å²) in [7, 11) is 0. The third-order valence-electron chi connectivity index (χ3n) is 4.15. The van der Waals surface area contributed by atoms with Crippen LogP contribution in [0.5, 0.6) is 0 Å². The van der Waals surface area contributed by atoms with E-state index in [0.29, 0.717) is 11.3 Å². The summed E-state index contributed by atoms with van der Waals surface area (Å²) in [6.07, 6.45) is 0. The van der Waals surface area contributed by atoms with E-state index in [1.165, 1.54) is 0 Å². The molecule has 1 unspecified atom stereocenters. The maximum atomic E-state index is 12.7. The standard InChI is InChI=1S/C18H16N2O2S/c1-12-20(9-10-23-12)18(21)14-7-8-16-15(11-14)17(22-19-16)13-5-3-2-4-6-13/h2-8,11-12H,9-10H2,1H3. The molecule has 0 aliphatic carbocycles. The number of aromatic nitrogens is 1. The molecule has 1 saturated heterocycles. The minimum Gasteiger partial charge on any atom is -0.355 e. The number of hydrogen-bond donors (Lipinski definition) is 0. The van der Waals surface area contributed by atoms with Crippen LogP contribution in [0, 0.1) is 0 Å². The topological polar surface area (TPSA) is 46.3 Å². The van der Waals surface area contributed by atoms with Crippen LogP contribution in [-0.2, 0) is 0 Å². The Morgan fingerprint density at radius 2 is 2.09 bits per heavy atom. The van der Waals surface area contributed by atoms with Crippen molar-refractivity contribution in [1.82, 2.24) is 10.1 Å². The fourth-order valence-corrected chi connectivity index (χ4v) is 3.92. The first-order valence-electron chi connectivity index (χ1n) is 7.61. The number of hydrogen-bond acceptors (Lipinski definition) is 4. The smallest absolute Gasteiger partial charge is 0.254 e. The molecule has 0 radical (unpaired) electrons. The van der Waals surface area contributed by atoms with Crippen LogP contribution >= 0.6 is 11.8 Å². The molecular formula is C18H16N2O2S. The molecule has 2 aromatic carbocycles. The number of amides is 1. The van der Waals surface area contributed by atoms with Gasteiger partial charge >= 0.3 is 0 Å². The van der Waals surface area contributed by atoms with E-state index in [4.69, 9.17) is 4.52 Å². The molecule has 1 fully saturated rings. The molecule has 1 atom stereocenters. The van der Waals surface area contributed by atoms with Crippen molar-refractivity contribution in [2.45, 2.75) is 12.3 Å². The lowest BCUT2D eigenvalue weighted by Crippen LogP contribution is -2.33. The average molecular weight is 324 g/mol. The summed E-state index contributed by atoms with van der Waals surface area (Å²) in [6.45, 7) is 2.88. The summed E-state index contributed by atoms with van der Waals surface area (Å²) in [5, 5.41) is 5.21. The van der Waals surface area contributed by atoms with E-state index in [0.717, 1.165) is 28.8 Å². The third-order valence-corrected chi connectivity index (χ3v) is 5.31. The van der Waals surface area contributed by atoms with Crippen molar-refractivity contribution >= 4 is 28.6 Å². The molecule has 4 nitrogen and oxygen atoms in total. The molecule has 0 spiro atoms. The van der Waals surface area contributed by atoms with Gasteiger partial charge in [-0.2, -0.15) is 0 Å². The van der Waals surface area contributed by atoms with Crippen LogP contribution in [0.3, 0.4) is 0 Å². The van der Waals surface area contributed by atoms with Crippen LogP contribution in [0.4, 0.5) is 0 Å². The average Bonchev–Trinajstić information content (AvgIpc) is 3.20. The molecule has 1 aliphatic rings. The van der Waals surface area contributed by atoms with Crippen molar-refractivity contribution in [2.24, 2.45) is 0 Å². The number of benzene rings is 2. The molecule has 1 aliphatic heterocycles. The number of carbonyl (C=O) groups is 1. The molecule has 0 N–H and O–H groups in total. The molecule has 2 heterocycles. The van der Waals surface area contributed by atoms with Gasteiger partial charge in [-0.3, -0.25) is 4.79 Å². The third kappa shape index (κ3) is 2.51. The van der Waals surface area contributed by atoms with E-state index in [2.05, 4.69) is 12.1 Å². The minimum atomic E-state index is 0.0737. The zero-order chi connectivity index (χ0) is 15.8. The second kappa shape index (κ2) is 5.74. The Morgan fingerprint density at radius 3 is 2.83 bits per heavy atom. The molecule has 4 rings (SSSR count). The molecule has 116 valence electrons. The van der Waals surface area contributed by atoms with Crippen molar-refractivity contribution in [3.63, 3.8) is 0 Å². The SMILES string of the molecule is CC1SCCN1C(=O)c1ccc2noc(-c3ccccc3)c2c1. The maximum absolute atomic E-state index is 12.7. The number of fused-ring (bicyclic) bond motifs is 1. The van der Waals surface area contributed by atoms with Gasteiger partial charge in [0, 0.05) is 23.4 Å². The van der Waals surface area contributed by atoms with E-state index in [9.17, 15) is 4.79 Å². The fraction of sp³-hybridized carbons (Fsp3) is 0.222. The van der Waals surface area contributed by atoms with Gasteiger partial charge in [0.2, 0.25) is 0 Å². The van der Waals surface area contributed by atoms with Gasteiger partial charge in [-0.15, -0.1) is 11.8 Å². The molecule has 5 heteroatoms. The van der Waals surface area contributed by atoms with Crippen LogP contribution in [0.25, 0.3) is 22.2 Å². The van der Waals surface area contributed by atoms with Crippen molar-refractivity contribution in [2.75, 3.05) is 12.3 Å². The van der Waals surface area contributed by atoms with Crippen LogP contribution in [0.15, 0.2) is 53.1 Å². The maximum Gasteiger partial charge on any atom is 0.254 e. The molecule has 0 saturated carbocycles. The number of thioether (sulfide) groups is 1. The van der Waals surface area contributed by atoms with Gasteiger partial charge in [0.1, 0.15) is 5.52 Å². The van der Waals surface area contributed by atoms with Crippen molar-refractivity contribution in [3.05, 3.63) is 54.1 Å². The first-order chi connectivity index (χ1) is 11.2. The van der Waals surface area contributed by atoms with Gasteiger partial charge in [-0.05, 0) is 25.1 Å². The largest absolute Gasteiger partial charge is 0.355 e. The molecular weight excluding hydrogens is 308 g/mol. The number of carbonyl (C=O) groups excluding carboxylic acids is 1. The lowest BCUT2D eigenvalue weighted by molar-refractivity contribution is 0.0769. The van der Waals surface area contributed by atoms with E-state index in [1.807, 2.05) is 65.2 Å². The van der Waals surface area contributed by atoms with E-state index in [1.54, 1.807) is 0 Å². The molecule has 1 aromatic heterocycles. The Morgan fingerprint density at radius 1 is 1.26 bits per heavy atom. The highest BCUT2D eigenvalue weighted by atomic mass is 32.2. The summed E-state index contributed by atoms with van der Waals surface area (Å²) in [6, 6.07) is 15.4. The van der Waals surface area contributed by atoms with Crippen LogP contribution in [0.2, 0.25) is 0 Å². The second-order valence-corrected chi connectivity index (χ2v) is 7.00. The van der Waals surface area contributed by atoms with Crippen LogP contribution in [-0.4, -0.2) is 33.6 Å². The first kappa shape index (κ1) is 14.3. The van der Waals surface area contributed by atoms with Crippen LogP contribution in [0.1, 0.15) is 17.3 Å². The number of rotatable bonds is 2. The Bertz CT molecular complexity index is 860. The first-order valence-corrected chi connectivity index (χ1v) is 8.66. The molecule has 0 bridgehead atoms. The summed E-state index contributed by atoms with van der Waals surface area (Å²) in [5.41, 5.74) is 2.42. The monoisotopic (exact) mass is 324 g/mol. The van der Waals surface area contributed by atoms with Crippen LogP contribution < -0.4 is 0 Å². The summed E-state index contributed by atoms with van der Waals surface area (Å²) in [4.78, 5) is 14.7. The highest BCUT2D eigenvalue weighted by Crippen LogP contribution is 2.30. The summed E-state index contributed by atoms with van der Waals surface area (Å²) < 4.78 is 5.50. The minimum absolute atomic E-state index is 0.0737. The Labute approximate surface area is 138 Å². The van der Waals surface area contributed by atoms with Gasteiger partial charge in [0.15, 0.2) is 5.76 Å². The number of nitrogens with zero attached hydrogens (tertiary/aromatic N) is 2. The zero-order valence-corrected chi connectivity index (χ0v) is 13.5. The highest BCUT2D eigenvalue weighted by molar-refractivity contribution is 8.00. The Hall–Kier alpha value is -2.27. The lowest BCUT2D eigenvalue weighted by atomic mass is 10.1. The quantitative estimate of drug-likeness (QED) is 0.714.